The van der Waals surface area contributed by atoms with E-state index in [9.17, 15) is 0 Å². The van der Waals surface area contributed by atoms with E-state index in [1.807, 2.05) is 12.1 Å². The zero-order valence-electron chi connectivity index (χ0n) is 16.0. The number of thioether (sulfide) groups is 1. The molecule has 5 heteroatoms. The predicted octanol–water partition coefficient (Wildman–Crippen LogP) is 6.54. The van der Waals surface area contributed by atoms with E-state index in [0.29, 0.717) is 0 Å². The maximum atomic E-state index is 6.13. The summed E-state index contributed by atoms with van der Waals surface area (Å²) in [6.45, 7) is 4.25. The van der Waals surface area contributed by atoms with Gasteiger partial charge in [-0.25, -0.2) is 9.98 Å². The molecule has 1 aliphatic carbocycles. The molecule has 0 unspecified atom stereocenters. The lowest BCUT2D eigenvalue weighted by atomic mass is 9.94. The first-order valence-electron chi connectivity index (χ1n) is 9.39. The van der Waals surface area contributed by atoms with Crippen LogP contribution in [-0.4, -0.2) is 22.8 Å². The maximum absolute atomic E-state index is 6.13. The van der Waals surface area contributed by atoms with Gasteiger partial charge >= 0.3 is 0 Å². The van der Waals surface area contributed by atoms with E-state index in [4.69, 9.17) is 21.6 Å². The van der Waals surface area contributed by atoms with Crippen molar-refractivity contribution in [1.29, 1.82) is 0 Å². The van der Waals surface area contributed by atoms with Gasteiger partial charge in [-0.05, 0) is 68.3 Å². The van der Waals surface area contributed by atoms with Gasteiger partial charge in [0.1, 0.15) is 5.54 Å². The SMILES string of the molecule is CSC1=NC(=Nc2c(C)cccc2C)C2(CCCC2)N1c1ccc(Cl)cc1. The number of aryl methyl sites for hydroxylation is 2. The van der Waals surface area contributed by atoms with Gasteiger partial charge in [0.15, 0.2) is 11.0 Å². The Bertz CT molecular complexity index is 891. The van der Waals surface area contributed by atoms with E-state index >= 15 is 0 Å². The first-order valence-corrected chi connectivity index (χ1v) is 11.0. The lowest BCUT2D eigenvalue weighted by molar-refractivity contribution is 0.592. The molecule has 0 atom stereocenters. The number of halogens is 1. The van der Waals surface area contributed by atoms with Crippen molar-refractivity contribution in [2.24, 2.45) is 9.98 Å². The quantitative estimate of drug-likeness (QED) is 0.575. The normalized spacial score (nSPS) is 19.9. The Morgan fingerprint density at radius 3 is 2.26 bits per heavy atom. The van der Waals surface area contributed by atoms with E-state index in [1.54, 1.807) is 11.8 Å². The standard InChI is InChI=1S/C22H24ClN3S/c1-15-7-6-8-16(2)19(15)24-20-22(13-4-5-14-22)26(21(25-20)27-3)18-11-9-17(23)10-12-18/h6-12H,4-5,13-14H2,1-3H3. The lowest BCUT2D eigenvalue weighted by Crippen LogP contribution is -2.49. The van der Waals surface area contributed by atoms with Gasteiger partial charge in [-0.15, -0.1) is 0 Å². The van der Waals surface area contributed by atoms with Crippen LogP contribution < -0.4 is 4.90 Å². The molecule has 0 aromatic heterocycles. The Balaban J connectivity index is 1.86. The topological polar surface area (TPSA) is 28.0 Å². The minimum absolute atomic E-state index is 0.152. The molecule has 140 valence electrons. The predicted molar refractivity (Wildman–Crippen MR) is 119 cm³/mol. The lowest BCUT2D eigenvalue weighted by Gasteiger charge is -2.36. The summed E-state index contributed by atoms with van der Waals surface area (Å²) in [7, 11) is 0. The van der Waals surface area contributed by atoms with Gasteiger partial charge in [0.05, 0.1) is 5.69 Å². The molecule has 0 amide bonds. The fraction of sp³-hybridized carbons (Fsp3) is 0.364. The highest BCUT2D eigenvalue weighted by Crippen LogP contribution is 2.46. The van der Waals surface area contributed by atoms with Gasteiger partial charge in [-0.1, -0.05) is 54.4 Å². The van der Waals surface area contributed by atoms with Crippen molar-refractivity contribution in [2.45, 2.75) is 45.1 Å². The molecule has 2 aromatic carbocycles. The van der Waals surface area contributed by atoms with Crippen LogP contribution in [0.3, 0.4) is 0 Å². The van der Waals surface area contributed by atoms with Crippen LogP contribution in [0.15, 0.2) is 52.4 Å². The van der Waals surface area contributed by atoms with Crippen molar-refractivity contribution in [2.75, 3.05) is 11.2 Å². The van der Waals surface area contributed by atoms with Gasteiger partial charge in [0.25, 0.3) is 0 Å². The van der Waals surface area contributed by atoms with Crippen molar-refractivity contribution in [3.05, 3.63) is 58.6 Å². The van der Waals surface area contributed by atoms with E-state index < -0.39 is 0 Å². The van der Waals surface area contributed by atoms with Gasteiger partial charge in [-0.2, -0.15) is 0 Å². The Kier molecular flexibility index (Phi) is 5.04. The molecule has 2 aromatic rings. The third-order valence-electron chi connectivity index (χ3n) is 5.59. The summed E-state index contributed by atoms with van der Waals surface area (Å²) in [4.78, 5) is 12.6. The van der Waals surface area contributed by atoms with Crippen LogP contribution in [0.2, 0.25) is 5.02 Å². The number of rotatable bonds is 2. The molecule has 0 radical (unpaired) electrons. The summed E-state index contributed by atoms with van der Waals surface area (Å²) in [5.41, 5.74) is 4.44. The molecule has 4 rings (SSSR count). The van der Waals surface area contributed by atoms with Crippen molar-refractivity contribution in [3.8, 4) is 0 Å². The highest BCUT2D eigenvalue weighted by molar-refractivity contribution is 8.13. The van der Waals surface area contributed by atoms with Crippen molar-refractivity contribution in [3.63, 3.8) is 0 Å². The molecule has 0 N–H and O–H groups in total. The van der Waals surface area contributed by atoms with E-state index in [-0.39, 0.29) is 5.54 Å². The minimum Gasteiger partial charge on any atom is -0.307 e. The van der Waals surface area contributed by atoms with Crippen molar-refractivity contribution < 1.29 is 0 Å². The highest BCUT2D eigenvalue weighted by atomic mass is 35.5. The van der Waals surface area contributed by atoms with E-state index in [2.05, 4.69) is 55.3 Å². The Morgan fingerprint density at radius 1 is 1.04 bits per heavy atom. The number of hydrogen-bond acceptors (Lipinski definition) is 3. The van der Waals surface area contributed by atoms with Crippen LogP contribution >= 0.6 is 23.4 Å². The molecule has 1 saturated carbocycles. The second-order valence-corrected chi connectivity index (χ2v) is 8.53. The molecule has 27 heavy (non-hydrogen) atoms. The molecule has 0 bridgehead atoms. The average Bonchev–Trinajstić information content (AvgIpc) is 3.25. The summed E-state index contributed by atoms with van der Waals surface area (Å²) in [5, 5.41) is 1.77. The fourth-order valence-corrected chi connectivity index (χ4v) is 5.00. The van der Waals surface area contributed by atoms with Crippen LogP contribution in [-0.2, 0) is 0 Å². The van der Waals surface area contributed by atoms with Crippen LogP contribution in [0.1, 0.15) is 36.8 Å². The first-order chi connectivity index (χ1) is 13.0. The smallest absolute Gasteiger partial charge is 0.170 e. The molecular weight excluding hydrogens is 374 g/mol. The summed E-state index contributed by atoms with van der Waals surface area (Å²) < 4.78 is 0. The molecule has 1 spiro atoms. The molecule has 1 heterocycles. The largest absolute Gasteiger partial charge is 0.307 e. The highest BCUT2D eigenvalue weighted by Gasteiger charge is 2.50. The number of anilines is 1. The van der Waals surface area contributed by atoms with Gasteiger partial charge < -0.3 is 4.90 Å². The van der Waals surface area contributed by atoms with E-state index in [0.717, 1.165) is 40.2 Å². The molecule has 3 nitrogen and oxygen atoms in total. The van der Waals surface area contributed by atoms with Crippen LogP contribution in [0.5, 0.6) is 0 Å². The number of para-hydroxylation sites is 1. The van der Waals surface area contributed by atoms with Crippen LogP contribution in [0.25, 0.3) is 0 Å². The summed E-state index contributed by atoms with van der Waals surface area (Å²) in [6.07, 6.45) is 6.65. The monoisotopic (exact) mass is 397 g/mol. The minimum atomic E-state index is -0.152. The van der Waals surface area contributed by atoms with Crippen LogP contribution in [0.4, 0.5) is 11.4 Å². The number of hydrogen-bond donors (Lipinski definition) is 0. The fourth-order valence-electron chi connectivity index (χ4n) is 4.24. The maximum Gasteiger partial charge on any atom is 0.170 e. The second-order valence-electron chi connectivity index (χ2n) is 7.32. The zero-order valence-corrected chi connectivity index (χ0v) is 17.6. The average molecular weight is 398 g/mol. The summed E-state index contributed by atoms with van der Waals surface area (Å²) in [6, 6.07) is 14.4. The van der Waals surface area contributed by atoms with E-state index in [1.165, 1.54) is 24.0 Å². The van der Waals surface area contributed by atoms with Gasteiger partial charge in [0, 0.05) is 10.7 Å². The van der Waals surface area contributed by atoms with Crippen molar-refractivity contribution >= 4 is 45.7 Å². The first kappa shape index (κ1) is 18.6. The molecule has 1 fully saturated rings. The molecule has 1 aliphatic heterocycles. The Labute approximate surface area is 170 Å². The third kappa shape index (κ3) is 3.19. The summed E-state index contributed by atoms with van der Waals surface area (Å²) in [5.74, 6) is 0.955. The molecule has 2 aliphatic rings. The second kappa shape index (κ2) is 7.33. The Morgan fingerprint density at radius 2 is 1.67 bits per heavy atom. The Hall–Kier alpha value is -1.78. The van der Waals surface area contributed by atoms with Gasteiger partial charge in [-0.3, -0.25) is 0 Å². The van der Waals surface area contributed by atoms with Crippen molar-refractivity contribution in [1.82, 2.24) is 0 Å². The number of nitrogens with zero attached hydrogens (tertiary/aromatic N) is 3. The van der Waals surface area contributed by atoms with Gasteiger partial charge in [0.2, 0.25) is 0 Å². The molecule has 0 saturated heterocycles. The third-order valence-corrected chi connectivity index (χ3v) is 6.48. The summed E-state index contributed by atoms with van der Waals surface area (Å²) >= 11 is 7.82. The number of benzene rings is 2. The zero-order chi connectivity index (χ0) is 19.0. The molecular formula is C22H24ClN3S. The number of aliphatic imine (C=N–C) groups is 2. The van der Waals surface area contributed by atoms with Crippen LogP contribution in [0, 0.1) is 13.8 Å². The number of amidine groups is 2.